The zero-order chi connectivity index (χ0) is 19.4. The number of amides is 1. The first-order chi connectivity index (χ1) is 12.8. The minimum absolute atomic E-state index is 0.404. The molecule has 140 valence electrons. The van der Waals surface area contributed by atoms with E-state index >= 15 is 0 Å². The van der Waals surface area contributed by atoms with Gasteiger partial charge in [-0.25, -0.2) is 4.68 Å². The number of nitrogens with one attached hydrogen (secondary N) is 1. The van der Waals surface area contributed by atoms with Crippen molar-refractivity contribution >= 4 is 11.6 Å². The van der Waals surface area contributed by atoms with Crippen LogP contribution in [-0.2, 0) is 18.0 Å². The molecule has 0 saturated heterocycles. The Hall–Kier alpha value is -3.43. The molecule has 0 aliphatic carbocycles. The number of nitrogens with zero attached hydrogens (tertiary/aromatic N) is 4. The summed E-state index contributed by atoms with van der Waals surface area (Å²) in [6.07, 6.45) is -4.56. The van der Waals surface area contributed by atoms with Crippen LogP contribution in [-0.4, -0.2) is 32.7 Å². The van der Waals surface area contributed by atoms with Crippen molar-refractivity contribution < 1.29 is 22.7 Å². The molecule has 1 aromatic heterocycles. The number of hydrogen-bond acceptors (Lipinski definition) is 5. The minimum atomic E-state index is -4.56. The fourth-order valence-corrected chi connectivity index (χ4v) is 2.38. The van der Waals surface area contributed by atoms with E-state index in [4.69, 9.17) is 4.74 Å². The quantitative estimate of drug-likeness (QED) is 0.739. The minimum Gasteiger partial charge on any atom is -0.483 e. The van der Waals surface area contributed by atoms with Crippen LogP contribution >= 0.6 is 0 Å². The summed E-state index contributed by atoms with van der Waals surface area (Å²) in [7, 11) is 1.67. The number of tetrazole rings is 1. The Balaban J connectivity index is 1.67. The van der Waals surface area contributed by atoms with Crippen molar-refractivity contribution in [2.24, 2.45) is 7.05 Å². The Morgan fingerprint density at radius 3 is 2.67 bits per heavy atom. The monoisotopic (exact) mass is 377 g/mol. The summed E-state index contributed by atoms with van der Waals surface area (Å²) in [5.74, 6) is -0.499. The predicted molar refractivity (Wildman–Crippen MR) is 89.8 cm³/mol. The number of aromatic nitrogens is 4. The molecule has 3 rings (SSSR count). The van der Waals surface area contributed by atoms with Crippen LogP contribution in [0.3, 0.4) is 0 Å². The van der Waals surface area contributed by atoms with Crippen molar-refractivity contribution in [2.75, 3.05) is 11.9 Å². The summed E-state index contributed by atoms with van der Waals surface area (Å²) < 4.78 is 45.3. The van der Waals surface area contributed by atoms with Crippen LogP contribution in [0.25, 0.3) is 11.4 Å². The van der Waals surface area contributed by atoms with Crippen molar-refractivity contribution in [3.8, 4) is 17.1 Å². The predicted octanol–water partition coefficient (Wildman–Crippen LogP) is 2.91. The molecule has 2 aromatic carbocycles. The highest BCUT2D eigenvalue weighted by atomic mass is 19.4. The van der Waals surface area contributed by atoms with Crippen molar-refractivity contribution in [3.63, 3.8) is 0 Å². The SMILES string of the molecule is Cn1nnnc1-c1cccc(NC(=O)COc2ccccc2C(F)(F)F)c1. The fraction of sp³-hybridized carbons (Fsp3) is 0.176. The number of carbonyl (C=O) groups is 1. The Kier molecular flexibility index (Phi) is 5.06. The van der Waals surface area contributed by atoms with Crippen LogP contribution in [0, 0.1) is 0 Å². The van der Waals surface area contributed by atoms with Crippen LogP contribution in [0.2, 0.25) is 0 Å². The standard InChI is InChI=1S/C17H14F3N5O2/c1-25-16(22-23-24-25)11-5-4-6-12(9-11)21-15(26)10-27-14-8-3-2-7-13(14)17(18,19)20/h2-9H,10H2,1H3,(H,21,26). The lowest BCUT2D eigenvalue weighted by molar-refractivity contribution is -0.139. The van der Waals surface area contributed by atoms with Gasteiger partial charge in [-0.1, -0.05) is 24.3 Å². The lowest BCUT2D eigenvalue weighted by atomic mass is 10.2. The maximum Gasteiger partial charge on any atom is 0.419 e. The van der Waals surface area contributed by atoms with E-state index in [1.165, 1.54) is 16.8 Å². The van der Waals surface area contributed by atoms with E-state index in [2.05, 4.69) is 20.8 Å². The third-order valence-electron chi connectivity index (χ3n) is 3.58. The average Bonchev–Trinajstić information content (AvgIpc) is 3.06. The summed E-state index contributed by atoms with van der Waals surface area (Å²) in [4.78, 5) is 12.0. The number of halogens is 3. The number of hydrogen-bond donors (Lipinski definition) is 1. The third kappa shape index (κ3) is 4.40. The Bertz CT molecular complexity index is 955. The molecule has 1 amide bonds. The van der Waals surface area contributed by atoms with E-state index in [-0.39, 0.29) is 0 Å². The smallest absolute Gasteiger partial charge is 0.419 e. The molecule has 0 spiro atoms. The molecule has 1 heterocycles. The molecular formula is C17H14F3N5O2. The van der Waals surface area contributed by atoms with Crippen LogP contribution < -0.4 is 10.1 Å². The average molecular weight is 377 g/mol. The molecule has 0 fully saturated rings. The lowest BCUT2D eigenvalue weighted by Gasteiger charge is -2.13. The number of aryl methyl sites for hydroxylation is 1. The highest BCUT2D eigenvalue weighted by molar-refractivity contribution is 5.92. The van der Waals surface area contributed by atoms with Gasteiger partial charge in [0.2, 0.25) is 0 Å². The second kappa shape index (κ2) is 7.44. The third-order valence-corrected chi connectivity index (χ3v) is 3.58. The molecular weight excluding hydrogens is 363 g/mol. The zero-order valence-electron chi connectivity index (χ0n) is 14.1. The molecule has 0 aliphatic rings. The lowest BCUT2D eigenvalue weighted by Crippen LogP contribution is -2.21. The molecule has 0 radical (unpaired) electrons. The largest absolute Gasteiger partial charge is 0.483 e. The molecule has 0 saturated carbocycles. The number of carbonyl (C=O) groups excluding carboxylic acids is 1. The van der Waals surface area contributed by atoms with E-state index in [9.17, 15) is 18.0 Å². The Morgan fingerprint density at radius 1 is 1.19 bits per heavy atom. The number of alkyl halides is 3. The van der Waals surface area contributed by atoms with Gasteiger partial charge < -0.3 is 10.1 Å². The molecule has 1 N–H and O–H groups in total. The molecule has 0 bridgehead atoms. The number of anilines is 1. The van der Waals surface area contributed by atoms with Gasteiger partial charge in [0.1, 0.15) is 5.75 Å². The maximum atomic E-state index is 12.9. The van der Waals surface area contributed by atoms with Gasteiger partial charge >= 0.3 is 6.18 Å². The van der Waals surface area contributed by atoms with E-state index in [1.807, 2.05) is 0 Å². The van der Waals surface area contributed by atoms with Crippen molar-refractivity contribution in [1.82, 2.24) is 20.2 Å². The summed E-state index contributed by atoms with van der Waals surface area (Å²) >= 11 is 0. The summed E-state index contributed by atoms with van der Waals surface area (Å²) in [6, 6.07) is 11.5. The first-order valence-electron chi connectivity index (χ1n) is 7.76. The molecule has 0 unspecified atom stereocenters. The normalized spacial score (nSPS) is 11.3. The number of benzene rings is 2. The molecule has 3 aromatic rings. The number of ether oxygens (including phenoxy) is 1. The van der Waals surface area contributed by atoms with E-state index in [1.54, 1.807) is 31.3 Å². The second-order valence-electron chi connectivity index (χ2n) is 5.54. The molecule has 0 aliphatic heterocycles. The van der Waals surface area contributed by atoms with Crippen molar-refractivity contribution in [2.45, 2.75) is 6.18 Å². The molecule has 10 heteroatoms. The number of rotatable bonds is 5. The highest BCUT2D eigenvalue weighted by Crippen LogP contribution is 2.35. The Morgan fingerprint density at radius 2 is 1.96 bits per heavy atom. The molecule has 27 heavy (non-hydrogen) atoms. The first kappa shape index (κ1) is 18.4. The van der Waals surface area contributed by atoms with Crippen LogP contribution in [0.4, 0.5) is 18.9 Å². The van der Waals surface area contributed by atoms with Gasteiger partial charge in [-0.2, -0.15) is 13.2 Å². The zero-order valence-corrected chi connectivity index (χ0v) is 14.1. The first-order valence-corrected chi connectivity index (χ1v) is 7.76. The van der Waals surface area contributed by atoms with Gasteiger partial charge in [-0.15, -0.1) is 5.10 Å². The van der Waals surface area contributed by atoms with Crippen LogP contribution in [0.1, 0.15) is 5.56 Å². The number of para-hydroxylation sites is 1. The second-order valence-corrected chi connectivity index (χ2v) is 5.54. The summed E-state index contributed by atoms with van der Waals surface area (Å²) in [5, 5.41) is 13.7. The van der Waals surface area contributed by atoms with Gasteiger partial charge in [0, 0.05) is 18.3 Å². The molecule has 0 atom stereocenters. The van der Waals surface area contributed by atoms with Crippen LogP contribution in [0.15, 0.2) is 48.5 Å². The van der Waals surface area contributed by atoms with Gasteiger partial charge in [0.25, 0.3) is 5.91 Å². The van der Waals surface area contributed by atoms with Gasteiger partial charge in [-0.3, -0.25) is 4.79 Å². The van der Waals surface area contributed by atoms with E-state index in [0.29, 0.717) is 17.1 Å². The molecule has 7 nitrogen and oxygen atoms in total. The fourth-order valence-electron chi connectivity index (χ4n) is 2.38. The maximum absolute atomic E-state index is 12.9. The highest BCUT2D eigenvalue weighted by Gasteiger charge is 2.34. The van der Waals surface area contributed by atoms with Crippen molar-refractivity contribution in [3.05, 3.63) is 54.1 Å². The van der Waals surface area contributed by atoms with Gasteiger partial charge in [0.15, 0.2) is 12.4 Å². The summed E-state index contributed by atoms with van der Waals surface area (Å²) in [6.45, 7) is -0.567. The van der Waals surface area contributed by atoms with Gasteiger partial charge in [-0.05, 0) is 34.7 Å². The van der Waals surface area contributed by atoms with E-state index in [0.717, 1.165) is 12.1 Å². The van der Waals surface area contributed by atoms with E-state index < -0.39 is 30.0 Å². The topological polar surface area (TPSA) is 81.9 Å². The van der Waals surface area contributed by atoms with Crippen molar-refractivity contribution in [1.29, 1.82) is 0 Å². The Labute approximate surface area is 151 Å². The van der Waals surface area contributed by atoms with Gasteiger partial charge in [0.05, 0.1) is 5.56 Å². The van der Waals surface area contributed by atoms with Crippen LogP contribution in [0.5, 0.6) is 5.75 Å². The summed E-state index contributed by atoms with van der Waals surface area (Å²) in [5.41, 5.74) is 0.173.